The van der Waals surface area contributed by atoms with E-state index in [1.54, 1.807) is 12.1 Å². The van der Waals surface area contributed by atoms with Crippen LogP contribution >= 0.6 is 0 Å². The van der Waals surface area contributed by atoms with Crippen molar-refractivity contribution in [2.24, 2.45) is 11.8 Å². The van der Waals surface area contributed by atoms with Crippen LogP contribution in [0, 0.1) is 11.8 Å². The zero-order chi connectivity index (χ0) is 18.2. The van der Waals surface area contributed by atoms with Crippen LogP contribution in [0.4, 0.5) is 0 Å². The van der Waals surface area contributed by atoms with Crippen molar-refractivity contribution >= 4 is 11.8 Å². The lowest BCUT2D eigenvalue weighted by Crippen LogP contribution is -2.53. The van der Waals surface area contributed by atoms with E-state index >= 15 is 0 Å². The molecule has 1 aliphatic heterocycles. The Bertz CT molecular complexity index is 551. The van der Waals surface area contributed by atoms with Crippen LogP contribution in [0.15, 0.2) is 30.3 Å². The van der Waals surface area contributed by atoms with Crippen molar-refractivity contribution in [3.63, 3.8) is 0 Å². The number of hydrogen-bond acceptors (Lipinski definition) is 3. The molecule has 1 unspecified atom stereocenters. The largest absolute Gasteiger partial charge is 0.341 e. The minimum atomic E-state index is -0.471. The van der Waals surface area contributed by atoms with Gasteiger partial charge in [0.05, 0.1) is 0 Å². The smallest absolute Gasteiger partial charge is 0.251 e. The summed E-state index contributed by atoms with van der Waals surface area (Å²) in [6.07, 6.45) is 3.26. The molecule has 0 aromatic heterocycles. The molecular weight excluding hydrogens is 314 g/mol. The lowest BCUT2D eigenvalue weighted by molar-refractivity contribution is -0.135. The highest BCUT2D eigenvalue weighted by atomic mass is 16.2. The predicted octanol–water partition coefficient (Wildman–Crippen LogP) is 2.29. The summed E-state index contributed by atoms with van der Waals surface area (Å²) in [6.45, 7) is 6.57. The Morgan fingerprint density at radius 1 is 1.16 bits per heavy atom. The van der Waals surface area contributed by atoms with Crippen molar-refractivity contribution in [3.05, 3.63) is 35.9 Å². The van der Waals surface area contributed by atoms with E-state index in [4.69, 9.17) is 0 Å². The maximum absolute atomic E-state index is 12.9. The monoisotopic (exact) mass is 345 g/mol. The topological polar surface area (TPSA) is 61.4 Å². The summed E-state index contributed by atoms with van der Waals surface area (Å²) in [5.41, 5.74) is 0.590. The van der Waals surface area contributed by atoms with Crippen LogP contribution in [0.25, 0.3) is 0 Å². The van der Waals surface area contributed by atoms with Gasteiger partial charge in [0.2, 0.25) is 5.91 Å². The molecule has 1 fully saturated rings. The first-order valence-corrected chi connectivity index (χ1v) is 9.32. The van der Waals surface area contributed by atoms with E-state index in [1.807, 2.05) is 44.0 Å². The zero-order valence-electron chi connectivity index (χ0n) is 15.6. The van der Waals surface area contributed by atoms with Crippen LogP contribution < -0.4 is 10.6 Å². The quantitative estimate of drug-likeness (QED) is 0.797. The van der Waals surface area contributed by atoms with Gasteiger partial charge in [-0.15, -0.1) is 0 Å². The van der Waals surface area contributed by atoms with Crippen LogP contribution in [-0.4, -0.2) is 49.4 Å². The Kier molecular flexibility index (Phi) is 7.44. The first kappa shape index (κ1) is 19.4. The molecule has 1 aliphatic rings. The second-order valence-corrected chi connectivity index (χ2v) is 7.22. The average molecular weight is 345 g/mol. The molecule has 1 aromatic carbocycles. The van der Waals surface area contributed by atoms with E-state index < -0.39 is 6.04 Å². The third-order valence-corrected chi connectivity index (χ3v) is 4.98. The van der Waals surface area contributed by atoms with Crippen LogP contribution in [0.3, 0.4) is 0 Å². The van der Waals surface area contributed by atoms with Gasteiger partial charge in [0.15, 0.2) is 0 Å². The maximum Gasteiger partial charge on any atom is 0.251 e. The SMILES string of the molecule is CNCCC1CCN(C(=O)C(NC(=O)c2ccccc2)C(C)C)CC1. The molecule has 2 rings (SSSR count). The maximum atomic E-state index is 12.9. The second-order valence-electron chi connectivity index (χ2n) is 7.22. The van der Waals surface area contributed by atoms with Crippen molar-refractivity contribution in [1.29, 1.82) is 0 Å². The molecule has 2 amide bonds. The van der Waals surface area contributed by atoms with Crippen molar-refractivity contribution in [3.8, 4) is 0 Å². The molecule has 138 valence electrons. The Labute approximate surface area is 151 Å². The van der Waals surface area contributed by atoms with Crippen LogP contribution in [0.2, 0.25) is 0 Å². The van der Waals surface area contributed by atoms with Gasteiger partial charge in [-0.1, -0.05) is 32.0 Å². The van der Waals surface area contributed by atoms with E-state index in [0.29, 0.717) is 11.5 Å². The average Bonchev–Trinajstić information content (AvgIpc) is 2.64. The van der Waals surface area contributed by atoms with E-state index in [2.05, 4.69) is 10.6 Å². The standard InChI is InChI=1S/C20H31N3O2/c1-15(2)18(22-19(24)17-7-5-4-6-8-17)20(25)23-13-10-16(11-14-23)9-12-21-3/h4-8,15-16,18,21H,9-14H2,1-3H3,(H,22,24). The third kappa shape index (κ3) is 5.56. The molecule has 1 aromatic rings. The summed E-state index contributed by atoms with van der Waals surface area (Å²) in [4.78, 5) is 27.3. The fourth-order valence-corrected chi connectivity index (χ4v) is 3.31. The molecule has 0 radical (unpaired) electrons. The molecule has 5 heteroatoms. The molecule has 0 aliphatic carbocycles. The number of nitrogens with zero attached hydrogens (tertiary/aromatic N) is 1. The summed E-state index contributed by atoms with van der Waals surface area (Å²) in [6, 6.07) is 8.60. The summed E-state index contributed by atoms with van der Waals surface area (Å²) in [5, 5.41) is 6.13. The van der Waals surface area contributed by atoms with Gasteiger partial charge in [-0.3, -0.25) is 9.59 Å². The number of nitrogens with one attached hydrogen (secondary N) is 2. The lowest BCUT2D eigenvalue weighted by Gasteiger charge is -2.35. The van der Waals surface area contributed by atoms with Gasteiger partial charge in [0.25, 0.3) is 5.91 Å². The van der Waals surface area contributed by atoms with Gasteiger partial charge in [-0.25, -0.2) is 0 Å². The summed E-state index contributed by atoms with van der Waals surface area (Å²) >= 11 is 0. The fraction of sp³-hybridized carbons (Fsp3) is 0.600. The number of piperidine rings is 1. The summed E-state index contributed by atoms with van der Waals surface area (Å²) in [5.74, 6) is 0.609. The number of benzene rings is 1. The molecule has 5 nitrogen and oxygen atoms in total. The van der Waals surface area contributed by atoms with Gasteiger partial charge in [0.1, 0.15) is 6.04 Å². The minimum Gasteiger partial charge on any atom is -0.341 e. The number of carbonyl (C=O) groups is 2. The number of rotatable bonds is 7. The highest BCUT2D eigenvalue weighted by molar-refractivity contribution is 5.97. The van der Waals surface area contributed by atoms with Crippen LogP contribution in [0.5, 0.6) is 0 Å². The Morgan fingerprint density at radius 3 is 2.36 bits per heavy atom. The van der Waals surface area contributed by atoms with E-state index in [0.717, 1.165) is 38.9 Å². The first-order chi connectivity index (χ1) is 12.0. The molecule has 1 heterocycles. The van der Waals surface area contributed by atoms with Crippen LogP contribution in [-0.2, 0) is 4.79 Å². The third-order valence-electron chi connectivity index (χ3n) is 4.98. The molecule has 0 spiro atoms. The van der Waals surface area contributed by atoms with Gasteiger partial charge in [0, 0.05) is 18.7 Å². The molecule has 0 bridgehead atoms. The van der Waals surface area contributed by atoms with Gasteiger partial charge in [-0.05, 0) is 56.8 Å². The predicted molar refractivity (Wildman–Crippen MR) is 100 cm³/mol. The van der Waals surface area contributed by atoms with E-state index in [-0.39, 0.29) is 17.7 Å². The fourth-order valence-electron chi connectivity index (χ4n) is 3.31. The van der Waals surface area contributed by atoms with Crippen LogP contribution in [0.1, 0.15) is 43.5 Å². The second kappa shape index (κ2) is 9.56. The minimum absolute atomic E-state index is 0.0475. The van der Waals surface area contributed by atoms with Crippen molar-refractivity contribution < 1.29 is 9.59 Å². The molecular formula is C20H31N3O2. The van der Waals surface area contributed by atoms with Crippen molar-refractivity contribution in [2.45, 2.75) is 39.2 Å². The number of likely N-dealkylation sites (tertiary alicyclic amines) is 1. The molecule has 1 atom stereocenters. The highest BCUT2D eigenvalue weighted by Gasteiger charge is 2.31. The van der Waals surface area contributed by atoms with E-state index in [1.165, 1.54) is 0 Å². The Hall–Kier alpha value is -1.88. The molecule has 2 N–H and O–H groups in total. The highest BCUT2D eigenvalue weighted by Crippen LogP contribution is 2.21. The summed E-state index contributed by atoms with van der Waals surface area (Å²) in [7, 11) is 1.97. The molecule has 0 saturated carbocycles. The van der Waals surface area contributed by atoms with Gasteiger partial charge in [-0.2, -0.15) is 0 Å². The number of carbonyl (C=O) groups excluding carboxylic acids is 2. The van der Waals surface area contributed by atoms with Gasteiger partial charge >= 0.3 is 0 Å². The van der Waals surface area contributed by atoms with Gasteiger partial charge < -0.3 is 15.5 Å². The van der Waals surface area contributed by atoms with Crippen molar-refractivity contribution in [2.75, 3.05) is 26.7 Å². The first-order valence-electron chi connectivity index (χ1n) is 9.32. The molecule has 25 heavy (non-hydrogen) atoms. The van der Waals surface area contributed by atoms with Crippen molar-refractivity contribution in [1.82, 2.24) is 15.5 Å². The Morgan fingerprint density at radius 2 is 1.80 bits per heavy atom. The lowest BCUT2D eigenvalue weighted by atomic mass is 9.92. The summed E-state index contributed by atoms with van der Waals surface area (Å²) < 4.78 is 0. The Balaban J connectivity index is 1.93. The van der Waals surface area contributed by atoms with E-state index in [9.17, 15) is 9.59 Å². The molecule has 1 saturated heterocycles. The number of amides is 2. The zero-order valence-corrected chi connectivity index (χ0v) is 15.6. The normalized spacial score (nSPS) is 16.7. The number of hydrogen-bond donors (Lipinski definition) is 2.